The highest BCUT2D eigenvalue weighted by Crippen LogP contribution is 2.31. The minimum Gasteiger partial charge on any atom is -0.490 e. The highest BCUT2D eigenvalue weighted by molar-refractivity contribution is 7.07. The molecule has 1 aromatic heterocycles. The standard InChI is InChI=1S/C28H28N2O6S/c1-6-34-22-14-19(10-13-21(22)36-18(5)31)15-23-26(32)30-25(20-11-8-16(3)9-12-20)24(27(33)35-7-2)17(4)29-28(30)37-23/h8-15,25H,6-7H2,1-5H3. The molecule has 0 bridgehead atoms. The average Bonchev–Trinajstić information content (AvgIpc) is 3.14. The van der Waals surface area contributed by atoms with Crippen molar-refractivity contribution < 1.29 is 23.8 Å². The number of thiazole rings is 1. The van der Waals surface area contributed by atoms with Crippen molar-refractivity contribution in [1.29, 1.82) is 0 Å². The van der Waals surface area contributed by atoms with E-state index in [1.807, 2.05) is 38.1 Å². The van der Waals surface area contributed by atoms with Gasteiger partial charge in [-0.2, -0.15) is 0 Å². The summed E-state index contributed by atoms with van der Waals surface area (Å²) in [6.45, 7) is 9.22. The number of aryl methyl sites for hydroxylation is 1. The number of hydrogen-bond acceptors (Lipinski definition) is 8. The molecule has 4 rings (SSSR count). The number of benzene rings is 2. The molecule has 37 heavy (non-hydrogen) atoms. The zero-order valence-electron chi connectivity index (χ0n) is 21.4. The van der Waals surface area contributed by atoms with E-state index in [9.17, 15) is 14.4 Å². The van der Waals surface area contributed by atoms with Gasteiger partial charge >= 0.3 is 11.9 Å². The first-order valence-electron chi connectivity index (χ1n) is 11.9. The van der Waals surface area contributed by atoms with Crippen LogP contribution in [0.4, 0.5) is 0 Å². The molecule has 0 amide bonds. The summed E-state index contributed by atoms with van der Waals surface area (Å²) in [5.74, 6) is -0.240. The van der Waals surface area contributed by atoms with Crippen LogP contribution in [0.5, 0.6) is 11.5 Å². The van der Waals surface area contributed by atoms with E-state index in [4.69, 9.17) is 14.2 Å². The van der Waals surface area contributed by atoms with Crippen LogP contribution in [-0.4, -0.2) is 29.7 Å². The number of carbonyl (C=O) groups excluding carboxylic acids is 2. The van der Waals surface area contributed by atoms with Crippen LogP contribution in [0.25, 0.3) is 6.08 Å². The van der Waals surface area contributed by atoms with Crippen LogP contribution in [0.1, 0.15) is 50.4 Å². The Morgan fingerprint density at radius 1 is 1.05 bits per heavy atom. The van der Waals surface area contributed by atoms with Gasteiger partial charge in [-0.25, -0.2) is 9.79 Å². The first-order chi connectivity index (χ1) is 17.7. The summed E-state index contributed by atoms with van der Waals surface area (Å²) in [4.78, 5) is 43.2. The summed E-state index contributed by atoms with van der Waals surface area (Å²) < 4.78 is 18.2. The molecule has 1 unspecified atom stereocenters. The average molecular weight is 521 g/mol. The van der Waals surface area contributed by atoms with Crippen molar-refractivity contribution in [3.63, 3.8) is 0 Å². The zero-order valence-corrected chi connectivity index (χ0v) is 22.2. The Morgan fingerprint density at radius 3 is 2.43 bits per heavy atom. The fourth-order valence-corrected chi connectivity index (χ4v) is 5.18. The Labute approximate surface area is 218 Å². The number of hydrogen-bond donors (Lipinski definition) is 0. The molecule has 3 aromatic rings. The van der Waals surface area contributed by atoms with Crippen LogP contribution in [0.3, 0.4) is 0 Å². The Balaban J connectivity index is 1.88. The molecule has 0 saturated heterocycles. The zero-order chi connectivity index (χ0) is 26.7. The van der Waals surface area contributed by atoms with Gasteiger partial charge in [0, 0.05) is 6.92 Å². The summed E-state index contributed by atoms with van der Waals surface area (Å²) in [5, 5.41) is 0. The number of ether oxygens (including phenoxy) is 3. The topological polar surface area (TPSA) is 96.2 Å². The molecule has 0 N–H and O–H groups in total. The van der Waals surface area contributed by atoms with Crippen LogP contribution in [0.15, 0.2) is 63.5 Å². The van der Waals surface area contributed by atoms with Gasteiger partial charge in [0.25, 0.3) is 5.56 Å². The lowest BCUT2D eigenvalue weighted by Crippen LogP contribution is -2.39. The Morgan fingerprint density at radius 2 is 1.78 bits per heavy atom. The molecule has 8 nitrogen and oxygen atoms in total. The number of allylic oxidation sites excluding steroid dienone is 1. The normalized spacial score (nSPS) is 15.2. The van der Waals surface area contributed by atoms with Crippen LogP contribution in [0, 0.1) is 6.92 Å². The molecule has 0 aliphatic carbocycles. The van der Waals surface area contributed by atoms with Crippen molar-refractivity contribution in [2.45, 2.75) is 40.7 Å². The highest BCUT2D eigenvalue weighted by Gasteiger charge is 2.33. The van der Waals surface area contributed by atoms with Gasteiger partial charge < -0.3 is 14.2 Å². The molecule has 0 fully saturated rings. The smallest absolute Gasteiger partial charge is 0.338 e. The van der Waals surface area contributed by atoms with Crippen LogP contribution >= 0.6 is 11.3 Å². The number of rotatable bonds is 7. The minimum absolute atomic E-state index is 0.214. The van der Waals surface area contributed by atoms with E-state index in [1.54, 1.807) is 42.7 Å². The van der Waals surface area contributed by atoms with Crippen molar-refractivity contribution in [1.82, 2.24) is 4.57 Å². The van der Waals surface area contributed by atoms with Crippen LogP contribution < -0.4 is 24.4 Å². The maximum Gasteiger partial charge on any atom is 0.338 e. The summed E-state index contributed by atoms with van der Waals surface area (Å²) in [6, 6.07) is 12.1. The third-order valence-corrected chi connectivity index (χ3v) is 6.71. The van der Waals surface area contributed by atoms with Crippen LogP contribution in [-0.2, 0) is 14.3 Å². The molecule has 1 aliphatic rings. The van der Waals surface area contributed by atoms with Crippen LogP contribution in [0.2, 0.25) is 0 Å². The number of carbonyl (C=O) groups is 2. The van der Waals surface area contributed by atoms with Gasteiger partial charge in [-0.15, -0.1) is 0 Å². The summed E-state index contributed by atoms with van der Waals surface area (Å²) >= 11 is 1.24. The van der Waals surface area contributed by atoms with Gasteiger partial charge in [-0.3, -0.25) is 14.2 Å². The predicted molar refractivity (Wildman–Crippen MR) is 140 cm³/mol. The number of nitrogens with zero attached hydrogens (tertiary/aromatic N) is 2. The number of esters is 2. The molecule has 2 heterocycles. The fraction of sp³-hybridized carbons (Fsp3) is 0.286. The summed E-state index contributed by atoms with van der Waals surface area (Å²) in [5.41, 5.74) is 3.13. The molecule has 0 radical (unpaired) electrons. The molecular weight excluding hydrogens is 492 g/mol. The van der Waals surface area contributed by atoms with Crippen molar-refractivity contribution in [2.24, 2.45) is 4.99 Å². The molecule has 0 saturated carbocycles. The molecule has 9 heteroatoms. The van der Waals surface area contributed by atoms with Crippen molar-refractivity contribution in [2.75, 3.05) is 13.2 Å². The van der Waals surface area contributed by atoms with Gasteiger partial charge in [0.2, 0.25) is 0 Å². The van der Waals surface area contributed by atoms with Crippen molar-refractivity contribution in [3.8, 4) is 11.5 Å². The van der Waals surface area contributed by atoms with Crippen molar-refractivity contribution >= 4 is 29.4 Å². The Hall–Kier alpha value is -3.98. The van der Waals surface area contributed by atoms with Gasteiger partial charge in [-0.05, 0) is 57.0 Å². The van der Waals surface area contributed by atoms with E-state index in [1.165, 1.54) is 18.3 Å². The van der Waals surface area contributed by atoms with Gasteiger partial charge in [0.05, 0.1) is 35.1 Å². The second-order valence-electron chi connectivity index (χ2n) is 8.45. The molecule has 1 aliphatic heterocycles. The first-order valence-corrected chi connectivity index (χ1v) is 12.8. The van der Waals surface area contributed by atoms with E-state index >= 15 is 0 Å². The van der Waals surface area contributed by atoms with E-state index in [0.717, 1.165) is 11.1 Å². The lowest BCUT2D eigenvalue weighted by Gasteiger charge is -2.24. The number of fused-ring (bicyclic) bond motifs is 1. The predicted octanol–water partition coefficient (Wildman–Crippen LogP) is 3.43. The van der Waals surface area contributed by atoms with E-state index in [2.05, 4.69) is 4.99 Å². The third-order valence-electron chi connectivity index (χ3n) is 5.73. The largest absolute Gasteiger partial charge is 0.490 e. The Kier molecular flexibility index (Phi) is 7.73. The molecular formula is C28H28N2O6S. The lowest BCUT2D eigenvalue weighted by atomic mass is 9.95. The fourth-order valence-electron chi connectivity index (χ4n) is 4.13. The first kappa shape index (κ1) is 26.1. The second-order valence-corrected chi connectivity index (χ2v) is 9.45. The van der Waals surface area contributed by atoms with E-state index in [-0.39, 0.29) is 12.2 Å². The van der Waals surface area contributed by atoms with Gasteiger partial charge in [0.15, 0.2) is 16.3 Å². The summed E-state index contributed by atoms with van der Waals surface area (Å²) in [6.07, 6.45) is 1.74. The second kappa shape index (κ2) is 11.0. The monoisotopic (exact) mass is 520 g/mol. The minimum atomic E-state index is -0.664. The molecule has 2 aromatic carbocycles. The lowest BCUT2D eigenvalue weighted by molar-refractivity contribution is -0.139. The maximum atomic E-state index is 13.7. The SMILES string of the molecule is CCOC(=O)C1=C(C)N=c2sc(=Cc3ccc(OC(C)=O)c(OCC)c3)c(=O)n2C1c1ccc(C)cc1. The molecule has 0 spiro atoms. The molecule has 192 valence electrons. The molecule has 1 atom stereocenters. The highest BCUT2D eigenvalue weighted by atomic mass is 32.1. The quantitative estimate of drug-likeness (QED) is 0.350. The third kappa shape index (κ3) is 5.41. The maximum absolute atomic E-state index is 13.7. The number of aromatic nitrogens is 1. The van der Waals surface area contributed by atoms with Gasteiger partial charge in [-0.1, -0.05) is 47.2 Å². The van der Waals surface area contributed by atoms with Crippen molar-refractivity contribution in [3.05, 3.63) is 90.1 Å². The van der Waals surface area contributed by atoms with E-state index in [0.29, 0.717) is 44.3 Å². The van der Waals surface area contributed by atoms with E-state index < -0.39 is 18.0 Å². The Bertz CT molecular complexity index is 1560. The summed E-state index contributed by atoms with van der Waals surface area (Å²) in [7, 11) is 0. The van der Waals surface area contributed by atoms with Gasteiger partial charge in [0.1, 0.15) is 0 Å².